The minimum atomic E-state index is 0.560. The van der Waals surface area contributed by atoms with Gasteiger partial charge in [0.2, 0.25) is 0 Å². The summed E-state index contributed by atoms with van der Waals surface area (Å²) >= 11 is 0. The number of para-hydroxylation sites is 1. The molecule has 0 aliphatic heterocycles. The van der Waals surface area contributed by atoms with Gasteiger partial charge in [-0.25, -0.2) is 0 Å². The van der Waals surface area contributed by atoms with Gasteiger partial charge in [-0.2, -0.15) is 0 Å². The Bertz CT molecular complexity index is 362. The molecule has 0 saturated heterocycles. The van der Waals surface area contributed by atoms with Crippen LogP contribution in [0, 0.1) is 5.92 Å². The second-order valence-corrected chi connectivity index (χ2v) is 5.99. The molecule has 1 N–H and O–H groups in total. The maximum Gasteiger partial charge on any atom is 0.122 e. The highest BCUT2D eigenvalue weighted by Gasteiger charge is 2.12. The van der Waals surface area contributed by atoms with Crippen molar-refractivity contribution >= 4 is 0 Å². The number of rotatable bonds is 10. The highest BCUT2D eigenvalue weighted by Crippen LogP contribution is 2.21. The van der Waals surface area contributed by atoms with Crippen molar-refractivity contribution in [3.63, 3.8) is 0 Å². The molecule has 1 atom stereocenters. The van der Waals surface area contributed by atoms with E-state index in [1.807, 2.05) is 6.07 Å². The number of benzene rings is 1. The summed E-state index contributed by atoms with van der Waals surface area (Å²) in [5, 5.41) is 3.69. The second-order valence-electron chi connectivity index (χ2n) is 5.99. The van der Waals surface area contributed by atoms with Gasteiger partial charge >= 0.3 is 0 Å². The fourth-order valence-corrected chi connectivity index (χ4v) is 2.53. The Balaban J connectivity index is 2.58. The molecule has 114 valence electrons. The molecule has 1 rings (SSSR count). The predicted octanol–water partition coefficient (Wildman–Crippen LogP) is 4.43. The van der Waals surface area contributed by atoms with Crippen LogP contribution in [0.25, 0.3) is 0 Å². The SMILES string of the molecule is CCCNC(CCCC(C)C)Cc1ccccc1OC. The standard InChI is InChI=1S/C18H31NO/c1-5-13-19-17(11-8-9-15(2)3)14-16-10-6-7-12-18(16)20-4/h6-7,10,12,15,17,19H,5,8-9,11,13-14H2,1-4H3. The number of hydrogen-bond donors (Lipinski definition) is 1. The van der Waals surface area contributed by atoms with Crippen LogP contribution in [0.3, 0.4) is 0 Å². The molecule has 0 radical (unpaired) electrons. The van der Waals surface area contributed by atoms with Gasteiger partial charge in [-0.3, -0.25) is 0 Å². The van der Waals surface area contributed by atoms with Crippen molar-refractivity contribution in [3.05, 3.63) is 29.8 Å². The molecule has 0 fully saturated rings. The molecule has 20 heavy (non-hydrogen) atoms. The summed E-state index contributed by atoms with van der Waals surface area (Å²) in [7, 11) is 1.76. The van der Waals surface area contributed by atoms with Crippen LogP contribution in [0.5, 0.6) is 5.75 Å². The summed E-state index contributed by atoms with van der Waals surface area (Å²) in [5.41, 5.74) is 1.31. The highest BCUT2D eigenvalue weighted by atomic mass is 16.5. The Morgan fingerprint density at radius 3 is 2.55 bits per heavy atom. The predicted molar refractivity (Wildman–Crippen MR) is 87.5 cm³/mol. The molecule has 0 aliphatic carbocycles. The molecule has 0 saturated carbocycles. The molecule has 1 aromatic rings. The third kappa shape index (κ3) is 6.42. The van der Waals surface area contributed by atoms with Gasteiger partial charge in [-0.15, -0.1) is 0 Å². The summed E-state index contributed by atoms with van der Waals surface area (Å²) in [6.45, 7) is 7.92. The van der Waals surface area contributed by atoms with Crippen LogP contribution in [-0.4, -0.2) is 19.7 Å². The van der Waals surface area contributed by atoms with Gasteiger partial charge in [0, 0.05) is 6.04 Å². The lowest BCUT2D eigenvalue weighted by Gasteiger charge is -2.20. The van der Waals surface area contributed by atoms with Crippen molar-refractivity contribution < 1.29 is 4.74 Å². The van der Waals surface area contributed by atoms with Crippen LogP contribution < -0.4 is 10.1 Å². The van der Waals surface area contributed by atoms with Gasteiger partial charge in [0.25, 0.3) is 0 Å². The fourth-order valence-electron chi connectivity index (χ4n) is 2.53. The number of methoxy groups -OCH3 is 1. The van der Waals surface area contributed by atoms with E-state index in [1.54, 1.807) is 7.11 Å². The van der Waals surface area contributed by atoms with Crippen LogP contribution in [0.4, 0.5) is 0 Å². The van der Waals surface area contributed by atoms with Crippen molar-refractivity contribution in [2.75, 3.05) is 13.7 Å². The smallest absolute Gasteiger partial charge is 0.122 e. The average Bonchev–Trinajstić information content (AvgIpc) is 2.44. The normalized spacial score (nSPS) is 12.7. The zero-order valence-electron chi connectivity index (χ0n) is 13.6. The average molecular weight is 277 g/mol. The molecular formula is C18H31NO. The van der Waals surface area contributed by atoms with Crippen molar-refractivity contribution in [2.45, 2.75) is 58.9 Å². The lowest BCUT2D eigenvalue weighted by atomic mass is 9.97. The lowest BCUT2D eigenvalue weighted by Crippen LogP contribution is -2.32. The van der Waals surface area contributed by atoms with Crippen LogP contribution in [-0.2, 0) is 6.42 Å². The van der Waals surface area contributed by atoms with E-state index in [0.29, 0.717) is 6.04 Å². The van der Waals surface area contributed by atoms with Gasteiger partial charge in [-0.05, 0) is 43.4 Å². The molecule has 0 aromatic heterocycles. The van der Waals surface area contributed by atoms with Gasteiger partial charge in [-0.1, -0.05) is 51.8 Å². The van der Waals surface area contributed by atoms with Crippen molar-refractivity contribution in [1.82, 2.24) is 5.32 Å². The monoisotopic (exact) mass is 277 g/mol. The molecule has 1 unspecified atom stereocenters. The number of hydrogen-bond acceptors (Lipinski definition) is 2. The second kappa shape index (κ2) is 9.82. The maximum absolute atomic E-state index is 5.47. The topological polar surface area (TPSA) is 21.3 Å². The van der Waals surface area contributed by atoms with Crippen LogP contribution in [0.15, 0.2) is 24.3 Å². The van der Waals surface area contributed by atoms with Crippen molar-refractivity contribution in [3.8, 4) is 5.75 Å². The molecule has 0 heterocycles. The van der Waals surface area contributed by atoms with E-state index in [-0.39, 0.29) is 0 Å². The summed E-state index contributed by atoms with van der Waals surface area (Å²) in [5.74, 6) is 1.81. The first-order chi connectivity index (χ1) is 9.67. The maximum atomic E-state index is 5.47. The Kier molecular flexibility index (Phi) is 8.36. The largest absolute Gasteiger partial charge is 0.496 e. The van der Waals surface area contributed by atoms with Gasteiger partial charge in [0.15, 0.2) is 0 Å². The van der Waals surface area contributed by atoms with Gasteiger partial charge in [0.05, 0.1) is 7.11 Å². The number of nitrogens with one attached hydrogen (secondary N) is 1. The van der Waals surface area contributed by atoms with Crippen molar-refractivity contribution in [1.29, 1.82) is 0 Å². The fraction of sp³-hybridized carbons (Fsp3) is 0.667. The van der Waals surface area contributed by atoms with E-state index in [1.165, 1.54) is 31.2 Å². The first-order valence-electron chi connectivity index (χ1n) is 8.02. The Labute approximate surface area is 124 Å². The molecule has 2 heteroatoms. The van der Waals surface area contributed by atoms with E-state index in [2.05, 4.69) is 44.3 Å². The Hall–Kier alpha value is -1.02. The molecule has 0 aliphatic rings. The Morgan fingerprint density at radius 2 is 1.90 bits per heavy atom. The number of ether oxygens (including phenoxy) is 1. The third-order valence-corrected chi connectivity index (χ3v) is 3.68. The van der Waals surface area contributed by atoms with E-state index in [4.69, 9.17) is 4.74 Å². The summed E-state index contributed by atoms with van der Waals surface area (Å²) < 4.78 is 5.47. The lowest BCUT2D eigenvalue weighted by molar-refractivity contribution is 0.397. The molecule has 1 aromatic carbocycles. The van der Waals surface area contributed by atoms with E-state index < -0.39 is 0 Å². The molecule has 0 bridgehead atoms. The first kappa shape index (κ1) is 17.0. The highest BCUT2D eigenvalue weighted by molar-refractivity contribution is 5.33. The quantitative estimate of drug-likeness (QED) is 0.683. The zero-order chi connectivity index (χ0) is 14.8. The van der Waals surface area contributed by atoms with E-state index in [0.717, 1.165) is 24.6 Å². The third-order valence-electron chi connectivity index (χ3n) is 3.68. The van der Waals surface area contributed by atoms with Crippen LogP contribution in [0.1, 0.15) is 52.0 Å². The first-order valence-corrected chi connectivity index (χ1v) is 8.02. The minimum Gasteiger partial charge on any atom is -0.496 e. The summed E-state index contributed by atoms with van der Waals surface area (Å²) in [6, 6.07) is 8.94. The van der Waals surface area contributed by atoms with Gasteiger partial charge in [0.1, 0.15) is 5.75 Å². The van der Waals surface area contributed by atoms with Gasteiger partial charge < -0.3 is 10.1 Å². The molecule has 2 nitrogen and oxygen atoms in total. The van der Waals surface area contributed by atoms with Crippen molar-refractivity contribution in [2.24, 2.45) is 5.92 Å². The molecule has 0 spiro atoms. The zero-order valence-corrected chi connectivity index (χ0v) is 13.6. The van der Waals surface area contributed by atoms with Crippen LogP contribution in [0.2, 0.25) is 0 Å². The molecular weight excluding hydrogens is 246 g/mol. The summed E-state index contributed by atoms with van der Waals surface area (Å²) in [4.78, 5) is 0. The van der Waals surface area contributed by atoms with E-state index in [9.17, 15) is 0 Å². The van der Waals surface area contributed by atoms with E-state index >= 15 is 0 Å². The summed E-state index contributed by atoms with van der Waals surface area (Å²) in [6.07, 6.45) is 6.11. The minimum absolute atomic E-state index is 0.560. The Morgan fingerprint density at radius 1 is 1.15 bits per heavy atom. The van der Waals surface area contributed by atoms with Crippen LogP contribution >= 0.6 is 0 Å². The molecule has 0 amide bonds.